The van der Waals surface area contributed by atoms with Crippen LogP contribution in [0.5, 0.6) is 0 Å². The summed E-state index contributed by atoms with van der Waals surface area (Å²) in [5.74, 6) is -0.253. The van der Waals surface area contributed by atoms with Crippen LogP contribution in [0.1, 0.15) is 5.56 Å². The van der Waals surface area contributed by atoms with Gasteiger partial charge < -0.3 is 0 Å². The van der Waals surface area contributed by atoms with E-state index in [1.165, 1.54) is 37.4 Å². The Morgan fingerprint density at radius 2 is 0.831 bits per heavy atom. The van der Waals surface area contributed by atoms with Crippen LogP contribution >= 0.6 is 0 Å². The number of hydrogen-bond acceptors (Lipinski definition) is 1. The first kappa shape index (κ1) is 36.1. The fourth-order valence-electron chi connectivity index (χ4n) is 9.26. The van der Waals surface area contributed by atoms with E-state index in [1.54, 1.807) is 12.1 Å². The summed E-state index contributed by atoms with van der Waals surface area (Å²) in [7, 11) is -3.27. The zero-order chi connectivity index (χ0) is 39.8. The summed E-state index contributed by atoms with van der Waals surface area (Å²) in [5, 5.41) is 7.66. The third-order valence-corrected chi connectivity index (χ3v) is 17.6. The van der Waals surface area contributed by atoms with E-state index >= 15 is 0 Å². The van der Waals surface area contributed by atoms with E-state index in [9.17, 15) is 4.39 Å². The molecule has 0 unspecified atom stereocenters. The van der Waals surface area contributed by atoms with Gasteiger partial charge in [-0.25, -0.2) is 0 Å². The molecule has 0 fully saturated rings. The van der Waals surface area contributed by atoms with Gasteiger partial charge in [0.2, 0.25) is 0 Å². The number of aromatic nitrogens is 1. The molecule has 4 heteroatoms. The van der Waals surface area contributed by atoms with Gasteiger partial charge in [0.1, 0.15) is 0 Å². The molecule has 0 saturated carbocycles. The third-order valence-electron chi connectivity index (χ3n) is 12.0. The van der Waals surface area contributed by atoms with E-state index in [4.69, 9.17) is 0 Å². The Kier molecular flexibility index (Phi) is 9.32. The molecule has 0 bridgehead atoms. The molecule has 0 saturated heterocycles. The second-order valence-electron chi connectivity index (χ2n) is 15.5. The zero-order valence-electron chi connectivity index (χ0n) is 32.8. The molecule has 2 nitrogen and oxygen atoms in total. The average molecular weight is 778 g/mol. The summed E-state index contributed by atoms with van der Waals surface area (Å²) in [5.41, 5.74) is 9.82. The number of halogens is 1. The molecular weight excluding hydrogens is 736 g/mol. The molecule has 0 spiro atoms. The van der Waals surface area contributed by atoms with Crippen molar-refractivity contribution >= 4 is 67.7 Å². The van der Waals surface area contributed by atoms with Crippen LogP contribution in [-0.4, -0.2) is 12.6 Å². The van der Waals surface area contributed by atoms with Gasteiger partial charge in [0.25, 0.3) is 0 Å². The van der Waals surface area contributed by atoms with Crippen LogP contribution in [0.15, 0.2) is 231 Å². The van der Waals surface area contributed by atoms with Crippen molar-refractivity contribution in [2.75, 3.05) is 4.90 Å². The number of anilines is 3. The fourth-order valence-corrected chi connectivity index (χ4v) is 14.8. The molecule has 0 N–H and O–H groups in total. The molecule has 59 heavy (non-hydrogen) atoms. The standard InChI is InChI=1S/C55H42FN2Si/c1-40-22-28-44(29-23-40)57(45-30-24-42(25-31-45)41-14-6-2-7-15-41)47-34-36-54-52(38-47)53-39-51(35-37-55(53)58(54)46-32-26-43(56)27-33-46)59(48-16-8-3-9-17-48,49-18-10-4-11-19-49)50-20-12-5-13-21-50/h2-39,59H,1H3/q-1. The summed E-state index contributed by atoms with van der Waals surface area (Å²) < 4.78 is 16.7. The van der Waals surface area contributed by atoms with Gasteiger partial charge in [-0.2, -0.15) is 0 Å². The Hall–Kier alpha value is -7.27. The van der Waals surface area contributed by atoms with E-state index in [1.807, 2.05) is 12.1 Å². The van der Waals surface area contributed by atoms with Crippen molar-refractivity contribution in [3.05, 3.63) is 242 Å². The van der Waals surface area contributed by atoms with E-state index in [-0.39, 0.29) is 5.82 Å². The zero-order valence-corrected chi connectivity index (χ0v) is 33.9. The van der Waals surface area contributed by atoms with E-state index in [0.717, 1.165) is 44.6 Å². The predicted octanol–water partition coefficient (Wildman–Crippen LogP) is 11.5. The maximum absolute atomic E-state index is 14.4. The average Bonchev–Trinajstić information content (AvgIpc) is 3.62. The fraction of sp³-hybridized carbons (Fsp3) is 0.0182. The first-order valence-electron chi connectivity index (χ1n) is 20.3. The summed E-state index contributed by atoms with van der Waals surface area (Å²) in [6, 6.07) is 82.1. The van der Waals surface area contributed by atoms with Crippen molar-refractivity contribution < 1.29 is 4.39 Å². The summed E-state index contributed by atoms with van der Waals surface area (Å²) in [4.78, 5) is 2.34. The third kappa shape index (κ3) is 6.44. The van der Waals surface area contributed by atoms with Crippen molar-refractivity contribution in [2.45, 2.75) is 6.92 Å². The number of fused-ring (bicyclic) bond motifs is 3. The van der Waals surface area contributed by atoms with E-state index in [2.05, 4.69) is 223 Å². The first-order valence-corrected chi connectivity index (χ1v) is 22.6. The van der Waals surface area contributed by atoms with Crippen molar-refractivity contribution in [3.63, 3.8) is 0 Å². The molecule has 0 aliphatic heterocycles. The molecule has 10 aromatic rings. The minimum atomic E-state index is -3.27. The normalized spacial score (nSPS) is 11.8. The number of benzene rings is 9. The molecule has 0 atom stereocenters. The number of nitrogens with zero attached hydrogens (tertiary/aromatic N) is 2. The number of aryl methyl sites for hydroxylation is 1. The van der Waals surface area contributed by atoms with Gasteiger partial charge >= 0.3 is 317 Å². The second-order valence-corrected chi connectivity index (χ2v) is 19.9. The van der Waals surface area contributed by atoms with Crippen LogP contribution in [0.3, 0.4) is 0 Å². The first-order chi connectivity index (χ1) is 29.1. The topological polar surface area (TPSA) is 8.17 Å². The van der Waals surface area contributed by atoms with Crippen LogP contribution in [0.4, 0.5) is 21.5 Å². The van der Waals surface area contributed by atoms with Crippen molar-refractivity contribution in [3.8, 4) is 16.8 Å². The van der Waals surface area contributed by atoms with Gasteiger partial charge in [-0.15, -0.1) is 0 Å². The minimum absolute atomic E-state index is 0.253. The Labute approximate surface area is 345 Å². The van der Waals surface area contributed by atoms with Crippen LogP contribution in [-0.2, 0) is 0 Å². The molecule has 1 aromatic heterocycles. The number of rotatable bonds is 9. The monoisotopic (exact) mass is 777 g/mol. The Balaban J connectivity index is 1.24. The Morgan fingerprint density at radius 3 is 1.37 bits per heavy atom. The van der Waals surface area contributed by atoms with E-state index in [0.29, 0.717) is 0 Å². The van der Waals surface area contributed by atoms with Crippen molar-refractivity contribution in [1.29, 1.82) is 0 Å². The van der Waals surface area contributed by atoms with Gasteiger partial charge in [0.15, 0.2) is 0 Å². The molecule has 0 radical (unpaired) electrons. The van der Waals surface area contributed by atoms with Crippen LogP contribution in [0.2, 0.25) is 0 Å². The number of hydrogen-bond donors (Lipinski definition) is 0. The second kappa shape index (κ2) is 15.2. The quantitative estimate of drug-likeness (QED) is 0.105. The molecule has 0 aliphatic carbocycles. The van der Waals surface area contributed by atoms with Crippen molar-refractivity contribution in [1.82, 2.24) is 4.57 Å². The molecule has 0 aliphatic rings. The Bertz CT molecular complexity index is 2920. The maximum atomic E-state index is 14.4. The SMILES string of the molecule is Cc1ccc(N(c2ccc(-c3ccccc3)cc2)c2ccc3c(c2)c2cc([SiH-](c4ccccc4)(c4ccccc4)c4ccccc4)ccc2n3-c2ccc(F)cc2)cc1. The summed E-state index contributed by atoms with van der Waals surface area (Å²) >= 11 is 0. The molecule has 10 rings (SSSR count). The molecule has 9 aromatic carbocycles. The van der Waals surface area contributed by atoms with Gasteiger partial charge in [-0.1, -0.05) is 30.3 Å². The summed E-state index contributed by atoms with van der Waals surface area (Å²) in [6.07, 6.45) is 0. The van der Waals surface area contributed by atoms with E-state index < -0.39 is 8.07 Å². The van der Waals surface area contributed by atoms with Gasteiger partial charge in [0.05, 0.1) is 0 Å². The van der Waals surface area contributed by atoms with Crippen LogP contribution in [0, 0.1) is 12.7 Å². The van der Waals surface area contributed by atoms with Gasteiger partial charge in [-0.3, -0.25) is 0 Å². The molecule has 284 valence electrons. The summed E-state index contributed by atoms with van der Waals surface area (Å²) in [6.45, 7) is 2.13. The van der Waals surface area contributed by atoms with Crippen LogP contribution in [0.25, 0.3) is 38.6 Å². The molecular formula is C55H42FN2Si-. The molecule has 1 heterocycles. The Morgan fingerprint density at radius 1 is 0.390 bits per heavy atom. The predicted molar refractivity (Wildman–Crippen MR) is 251 cm³/mol. The van der Waals surface area contributed by atoms with Gasteiger partial charge in [-0.05, 0) is 0 Å². The molecule has 0 amide bonds. The van der Waals surface area contributed by atoms with Gasteiger partial charge in [0, 0.05) is 0 Å². The van der Waals surface area contributed by atoms with Crippen LogP contribution < -0.4 is 25.6 Å². The van der Waals surface area contributed by atoms with Crippen molar-refractivity contribution in [2.24, 2.45) is 0 Å².